The summed E-state index contributed by atoms with van der Waals surface area (Å²) in [6.07, 6.45) is -1.99. The SMILES string of the molecule is O=C(O)Cc1cc(F)ccc1NC(=O)c1ccc(N2CC3CCC2C3)c(NC(=O)c2nn(CC(F)(F)F)c3ccccc23)c1. The number of halogens is 4. The largest absolute Gasteiger partial charge is 0.481 e. The summed E-state index contributed by atoms with van der Waals surface area (Å²) in [4.78, 5) is 40.4. The van der Waals surface area contributed by atoms with Crippen LogP contribution in [0.3, 0.4) is 0 Å². The summed E-state index contributed by atoms with van der Waals surface area (Å²) in [6, 6.07) is 14.5. The van der Waals surface area contributed by atoms with Crippen LogP contribution in [-0.4, -0.2) is 51.4 Å². The molecule has 44 heavy (non-hydrogen) atoms. The molecule has 0 radical (unpaired) electrons. The highest BCUT2D eigenvalue weighted by atomic mass is 19.4. The Morgan fingerprint density at radius 3 is 2.43 bits per heavy atom. The van der Waals surface area contributed by atoms with Gasteiger partial charge in [-0.1, -0.05) is 18.2 Å². The first-order valence-corrected chi connectivity index (χ1v) is 14.0. The fourth-order valence-corrected chi connectivity index (χ4v) is 6.20. The number of carbonyl (C=O) groups excluding carboxylic acids is 2. The zero-order chi connectivity index (χ0) is 31.2. The van der Waals surface area contributed by atoms with Gasteiger partial charge in [0.05, 0.1) is 23.3 Å². The molecule has 4 aromatic rings. The molecule has 3 aromatic carbocycles. The second-order valence-electron chi connectivity index (χ2n) is 11.1. The molecule has 1 aliphatic carbocycles. The maximum Gasteiger partial charge on any atom is 0.408 e. The Morgan fingerprint density at radius 2 is 1.73 bits per heavy atom. The minimum atomic E-state index is -4.55. The predicted molar refractivity (Wildman–Crippen MR) is 154 cm³/mol. The number of carboxylic acid groups (broad SMARTS) is 1. The Balaban J connectivity index is 1.34. The Bertz CT molecular complexity index is 1790. The Kier molecular flexibility index (Phi) is 7.48. The van der Waals surface area contributed by atoms with Crippen molar-refractivity contribution in [1.29, 1.82) is 0 Å². The van der Waals surface area contributed by atoms with Crippen LogP contribution < -0.4 is 15.5 Å². The van der Waals surface area contributed by atoms with Crippen molar-refractivity contribution in [2.75, 3.05) is 22.1 Å². The molecule has 1 aliphatic heterocycles. The second kappa shape index (κ2) is 11.3. The van der Waals surface area contributed by atoms with E-state index >= 15 is 0 Å². The third-order valence-electron chi connectivity index (χ3n) is 8.08. The number of para-hydroxylation sites is 1. The Hall–Kier alpha value is -4.94. The van der Waals surface area contributed by atoms with Crippen LogP contribution >= 0.6 is 0 Å². The van der Waals surface area contributed by atoms with Gasteiger partial charge in [-0.2, -0.15) is 18.3 Å². The van der Waals surface area contributed by atoms with Crippen molar-refractivity contribution >= 4 is 45.7 Å². The molecule has 2 amide bonds. The first-order chi connectivity index (χ1) is 20.9. The number of nitrogens with one attached hydrogen (secondary N) is 2. The van der Waals surface area contributed by atoms with Crippen molar-refractivity contribution in [3.63, 3.8) is 0 Å². The number of anilines is 3. The van der Waals surface area contributed by atoms with Crippen molar-refractivity contribution in [2.24, 2.45) is 5.92 Å². The lowest BCUT2D eigenvalue weighted by molar-refractivity contribution is -0.142. The lowest BCUT2D eigenvalue weighted by Gasteiger charge is -2.31. The number of hydrogen-bond acceptors (Lipinski definition) is 5. The maximum absolute atomic E-state index is 13.8. The van der Waals surface area contributed by atoms with Gasteiger partial charge in [-0.3, -0.25) is 19.1 Å². The number of nitrogens with zero attached hydrogens (tertiary/aromatic N) is 3. The van der Waals surface area contributed by atoms with E-state index in [1.807, 2.05) is 0 Å². The molecule has 6 rings (SSSR count). The minimum Gasteiger partial charge on any atom is -0.481 e. The standard InChI is InChI=1S/C31H27F4N5O4/c32-20-7-9-23(19(12-20)14-27(41)42)36-29(43)18-6-10-26(39-15-17-5-8-21(39)11-17)24(13-18)37-30(44)28-22-3-1-2-4-25(22)40(38-28)16-31(33,34)35/h1-4,6-7,9-10,12-13,17,21H,5,8,11,14-16H2,(H,36,43)(H,37,44)(H,41,42). The van der Waals surface area contributed by atoms with E-state index in [1.54, 1.807) is 24.3 Å². The number of alkyl halides is 3. The van der Waals surface area contributed by atoms with Crippen molar-refractivity contribution in [3.8, 4) is 0 Å². The monoisotopic (exact) mass is 609 g/mol. The van der Waals surface area contributed by atoms with Gasteiger partial charge in [0.25, 0.3) is 11.8 Å². The summed E-state index contributed by atoms with van der Waals surface area (Å²) in [5.41, 5.74) is 1.20. The molecular formula is C31H27F4N5O4. The maximum atomic E-state index is 13.8. The van der Waals surface area contributed by atoms with E-state index < -0.39 is 42.7 Å². The smallest absolute Gasteiger partial charge is 0.408 e. The van der Waals surface area contributed by atoms with Crippen LogP contribution in [0.15, 0.2) is 60.7 Å². The zero-order valence-electron chi connectivity index (χ0n) is 23.2. The zero-order valence-corrected chi connectivity index (χ0v) is 23.2. The highest BCUT2D eigenvalue weighted by molar-refractivity contribution is 6.13. The molecule has 2 atom stereocenters. The van der Waals surface area contributed by atoms with E-state index in [4.69, 9.17) is 0 Å². The molecule has 228 valence electrons. The lowest BCUT2D eigenvalue weighted by Crippen LogP contribution is -2.33. The van der Waals surface area contributed by atoms with E-state index in [2.05, 4.69) is 20.6 Å². The highest BCUT2D eigenvalue weighted by Gasteiger charge is 2.39. The molecule has 2 aliphatic rings. The third-order valence-corrected chi connectivity index (χ3v) is 8.08. The van der Waals surface area contributed by atoms with Crippen LogP contribution in [0.4, 0.5) is 34.6 Å². The average molecular weight is 610 g/mol. The van der Waals surface area contributed by atoms with E-state index in [-0.39, 0.29) is 45.1 Å². The molecule has 2 fully saturated rings. The first-order valence-electron chi connectivity index (χ1n) is 14.0. The Labute approximate surface area is 248 Å². The lowest BCUT2D eigenvalue weighted by atomic mass is 10.1. The van der Waals surface area contributed by atoms with E-state index in [0.29, 0.717) is 11.6 Å². The van der Waals surface area contributed by atoms with Gasteiger partial charge in [-0.15, -0.1) is 0 Å². The molecule has 2 heterocycles. The molecule has 1 aromatic heterocycles. The average Bonchev–Trinajstić information content (AvgIpc) is 3.69. The molecule has 13 heteroatoms. The summed E-state index contributed by atoms with van der Waals surface area (Å²) in [5, 5.41) is 18.9. The van der Waals surface area contributed by atoms with Gasteiger partial charge in [0, 0.05) is 29.2 Å². The summed E-state index contributed by atoms with van der Waals surface area (Å²) >= 11 is 0. The molecule has 1 saturated carbocycles. The van der Waals surface area contributed by atoms with Gasteiger partial charge in [0.2, 0.25) is 0 Å². The van der Waals surface area contributed by atoms with Gasteiger partial charge in [0.1, 0.15) is 12.4 Å². The Morgan fingerprint density at radius 1 is 0.955 bits per heavy atom. The number of aromatic nitrogens is 2. The van der Waals surface area contributed by atoms with Crippen LogP contribution in [0, 0.1) is 11.7 Å². The van der Waals surface area contributed by atoms with Crippen LogP contribution in [-0.2, 0) is 17.8 Å². The van der Waals surface area contributed by atoms with Crippen LogP contribution in [0.5, 0.6) is 0 Å². The summed E-state index contributed by atoms with van der Waals surface area (Å²) in [7, 11) is 0. The van der Waals surface area contributed by atoms with Gasteiger partial charge in [-0.05, 0) is 73.2 Å². The van der Waals surface area contributed by atoms with Crippen LogP contribution in [0.2, 0.25) is 0 Å². The van der Waals surface area contributed by atoms with E-state index in [1.165, 1.54) is 24.3 Å². The molecule has 1 saturated heterocycles. The quantitative estimate of drug-likeness (QED) is 0.216. The fraction of sp³-hybridized carbons (Fsp3) is 0.290. The van der Waals surface area contributed by atoms with Crippen molar-refractivity contribution in [1.82, 2.24) is 9.78 Å². The topological polar surface area (TPSA) is 117 Å². The number of rotatable bonds is 8. The van der Waals surface area contributed by atoms with E-state index in [0.717, 1.165) is 42.6 Å². The molecular weight excluding hydrogens is 582 g/mol. The first kappa shape index (κ1) is 29.1. The number of piperidine rings is 1. The van der Waals surface area contributed by atoms with Crippen LogP contribution in [0.25, 0.3) is 10.9 Å². The molecule has 0 spiro atoms. The number of fused-ring (bicyclic) bond motifs is 3. The van der Waals surface area contributed by atoms with Crippen LogP contribution in [0.1, 0.15) is 45.7 Å². The number of benzene rings is 3. The number of aliphatic carboxylic acids is 1. The number of amides is 2. The van der Waals surface area contributed by atoms with Gasteiger partial charge in [0.15, 0.2) is 5.69 Å². The third kappa shape index (κ3) is 5.94. The number of hydrogen-bond donors (Lipinski definition) is 3. The number of carboxylic acids is 1. The normalized spacial score (nSPS) is 17.7. The molecule has 2 bridgehead atoms. The van der Waals surface area contributed by atoms with Crippen molar-refractivity contribution in [3.05, 3.63) is 83.3 Å². The minimum absolute atomic E-state index is 0.0745. The van der Waals surface area contributed by atoms with Gasteiger partial charge in [-0.25, -0.2) is 4.39 Å². The molecule has 3 N–H and O–H groups in total. The number of carbonyl (C=O) groups is 3. The second-order valence-corrected chi connectivity index (χ2v) is 11.1. The molecule has 2 unspecified atom stereocenters. The summed E-state index contributed by atoms with van der Waals surface area (Å²) in [6.45, 7) is -0.609. The van der Waals surface area contributed by atoms with E-state index in [9.17, 15) is 37.1 Å². The van der Waals surface area contributed by atoms with Gasteiger partial charge < -0.3 is 20.6 Å². The fourth-order valence-electron chi connectivity index (χ4n) is 6.20. The van der Waals surface area contributed by atoms with Crippen molar-refractivity contribution < 1.29 is 37.1 Å². The summed E-state index contributed by atoms with van der Waals surface area (Å²) < 4.78 is 54.3. The molecule has 9 nitrogen and oxygen atoms in total. The van der Waals surface area contributed by atoms with Gasteiger partial charge >= 0.3 is 12.1 Å². The highest BCUT2D eigenvalue weighted by Crippen LogP contribution is 2.43. The van der Waals surface area contributed by atoms with Crippen molar-refractivity contribution in [2.45, 2.75) is 44.4 Å². The predicted octanol–water partition coefficient (Wildman–Crippen LogP) is 5.86. The summed E-state index contributed by atoms with van der Waals surface area (Å²) in [5.74, 6) is -2.73.